The fraction of sp³-hybridized carbons (Fsp3) is 0.296. The fourth-order valence-electron chi connectivity index (χ4n) is 4.58. The van der Waals surface area contributed by atoms with E-state index in [1.807, 2.05) is 18.9 Å². The van der Waals surface area contributed by atoms with Gasteiger partial charge in [0.2, 0.25) is 0 Å². The van der Waals surface area contributed by atoms with Crippen LogP contribution >= 0.6 is 0 Å². The minimum absolute atomic E-state index is 0.0592. The number of aromatic nitrogens is 5. The first-order valence-electron chi connectivity index (χ1n) is 12.4. The van der Waals surface area contributed by atoms with Crippen molar-refractivity contribution in [2.45, 2.75) is 20.0 Å². The number of halogens is 3. The zero-order valence-electron chi connectivity index (χ0n) is 21.7. The van der Waals surface area contributed by atoms with E-state index in [4.69, 9.17) is 0 Å². The summed E-state index contributed by atoms with van der Waals surface area (Å²) in [4.78, 5) is 25.3. The number of alkyl halides is 3. The van der Waals surface area contributed by atoms with Crippen LogP contribution in [0.1, 0.15) is 27.0 Å². The first-order valence-corrected chi connectivity index (χ1v) is 12.4. The topological polar surface area (TPSA) is 92.1 Å². The minimum atomic E-state index is -4.59. The molecule has 0 bridgehead atoms. The van der Waals surface area contributed by atoms with E-state index in [-0.39, 0.29) is 11.1 Å². The molecule has 202 valence electrons. The zero-order valence-corrected chi connectivity index (χ0v) is 21.7. The first-order chi connectivity index (χ1) is 18.6. The maximum Gasteiger partial charge on any atom is 0.416 e. The zero-order chi connectivity index (χ0) is 27.7. The second-order valence-corrected chi connectivity index (χ2v) is 9.59. The number of piperazine rings is 1. The van der Waals surface area contributed by atoms with Gasteiger partial charge in [0, 0.05) is 61.1 Å². The molecule has 9 nitrogen and oxygen atoms in total. The monoisotopic (exact) mass is 536 g/mol. The molecule has 0 spiro atoms. The molecule has 12 heteroatoms. The van der Waals surface area contributed by atoms with Gasteiger partial charge in [-0.15, -0.1) is 5.10 Å². The second kappa shape index (κ2) is 10.4. The predicted molar refractivity (Wildman–Crippen MR) is 141 cm³/mol. The Labute approximate surface area is 223 Å². The molecular formula is C27H27F3N8O. The SMILES string of the molecule is Cc1ccc(NC(=O)c2cc(N3CCN(C)CC3)c(C)c(C(F)(F)F)c2)cc1-n1cc(-c2cncnc2)nn1. The number of carbonyl (C=O) groups excluding carboxylic acids is 1. The van der Waals surface area contributed by atoms with E-state index in [2.05, 4.69) is 30.5 Å². The van der Waals surface area contributed by atoms with E-state index in [1.165, 1.54) is 13.3 Å². The molecule has 0 aliphatic carbocycles. The number of rotatable bonds is 5. The van der Waals surface area contributed by atoms with Gasteiger partial charge >= 0.3 is 6.18 Å². The van der Waals surface area contributed by atoms with Crippen molar-refractivity contribution in [3.63, 3.8) is 0 Å². The van der Waals surface area contributed by atoms with E-state index in [0.29, 0.717) is 41.4 Å². The number of nitrogens with one attached hydrogen (secondary N) is 1. The number of nitrogens with zero attached hydrogens (tertiary/aromatic N) is 7. The Hall–Kier alpha value is -4.32. The third-order valence-electron chi connectivity index (χ3n) is 6.86. The Morgan fingerprint density at radius 3 is 2.38 bits per heavy atom. The van der Waals surface area contributed by atoms with Crippen molar-refractivity contribution in [3.8, 4) is 16.9 Å². The van der Waals surface area contributed by atoms with Crippen molar-refractivity contribution in [1.29, 1.82) is 0 Å². The number of benzene rings is 2. The summed E-state index contributed by atoms with van der Waals surface area (Å²) in [5.41, 5.74) is 2.87. The molecule has 1 aliphatic rings. The van der Waals surface area contributed by atoms with Crippen LogP contribution in [0.15, 0.2) is 55.2 Å². The number of hydrogen-bond acceptors (Lipinski definition) is 7. The van der Waals surface area contributed by atoms with Crippen LogP contribution in [-0.4, -0.2) is 69.0 Å². The van der Waals surface area contributed by atoms with E-state index in [0.717, 1.165) is 24.7 Å². The van der Waals surface area contributed by atoms with Crippen LogP contribution in [0.4, 0.5) is 24.5 Å². The van der Waals surface area contributed by atoms with E-state index >= 15 is 0 Å². The highest BCUT2D eigenvalue weighted by molar-refractivity contribution is 6.05. The van der Waals surface area contributed by atoms with Gasteiger partial charge in [-0.25, -0.2) is 14.6 Å². The summed E-state index contributed by atoms with van der Waals surface area (Å²) in [5.74, 6) is -0.633. The van der Waals surface area contributed by atoms with Crippen molar-refractivity contribution in [2.24, 2.45) is 0 Å². The average molecular weight is 537 g/mol. The summed E-state index contributed by atoms with van der Waals surface area (Å²) in [6.45, 7) is 5.95. The summed E-state index contributed by atoms with van der Waals surface area (Å²) in [6.07, 6.45) is 1.79. The fourth-order valence-corrected chi connectivity index (χ4v) is 4.58. The van der Waals surface area contributed by atoms with Crippen molar-refractivity contribution in [2.75, 3.05) is 43.4 Å². The van der Waals surface area contributed by atoms with Crippen LogP contribution in [0.25, 0.3) is 16.9 Å². The van der Waals surface area contributed by atoms with Gasteiger partial charge in [-0.2, -0.15) is 13.2 Å². The lowest BCUT2D eigenvalue weighted by Crippen LogP contribution is -2.45. The van der Waals surface area contributed by atoms with Gasteiger partial charge in [0.25, 0.3) is 5.91 Å². The Kier molecular flexibility index (Phi) is 7.04. The number of likely N-dealkylation sites (N-methyl/N-ethyl adjacent to an activating group) is 1. The summed E-state index contributed by atoms with van der Waals surface area (Å²) in [5, 5.41) is 11.1. The Morgan fingerprint density at radius 2 is 1.69 bits per heavy atom. The van der Waals surface area contributed by atoms with Crippen molar-refractivity contribution in [1.82, 2.24) is 29.9 Å². The van der Waals surface area contributed by atoms with Crippen LogP contribution < -0.4 is 10.2 Å². The number of aryl methyl sites for hydroxylation is 1. The lowest BCUT2D eigenvalue weighted by atomic mass is 10.00. The molecule has 2 aromatic carbocycles. The standard InChI is InChI=1S/C27H27F3N8O/c1-17-4-5-21(12-24(17)38-15-23(34-35-38)20-13-31-16-32-14-20)33-26(39)19-10-22(27(28,29)30)18(2)25(11-19)37-8-6-36(3)7-9-37/h4-5,10-16H,6-9H2,1-3H3,(H,33,39). The molecular weight excluding hydrogens is 509 g/mol. The maximum atomic E-state index is 14.0. The van der Waals surface area contributed by atoms with Crippen LogP contribution in [0.2, 0.25) is 0 Å². The molecule has 0 radical (unpaired) electrons. The van der Waals surface area contributed by atoms with Crippen molar-refractivity contribution >= 4 is 17.3 Å². The number of carbonyl (C=O) groups is 1. The van der Waals surface area contributed by atoms with Crippen LogP contribution in [0.5, 0.6) is 0 Å². The number of amides is 1. The van der Waals surface area contributed by atoms with Gasteiger partial charge in [0.05, 0.1) is 17.4 Å². The lowest BCUT2D eigenvalue weighted by molar-refractivity contribution is -0.138. The molecule has 39 heavy (non-hydrogen) atoms. The average Bonchev–Trinajstić information content (AvgIpc) is 3.40. The van der Waals surface area contributed by atoms with E-state index < -0.39 is 17.6 Å². The lowest BCUT2D eigenvalue weighted by Gasteiger charge is -2.35. The maximum absolute atomic E-state index is 14.0. The molecule has 1 saturated heterocycles. The molecule has 1 amide bonds. The van der Waals surface area contributed by atoms with E-state index in [9.17, 15) is 18.0 Å². The van der Waals surface area contributed by atoms with Gasteiger partial charge in [-0.1, -0.05) is 11.3 Å². The molecule has 0 saturated carbocycles. The van der Waals surface area contributed by atoms with Crippen LogP contribution in [0.3, 0.4) is 0 Å². The van der Waals surface area contributed by atoms with Gasteiger partial charge in [0.1, 0.15) is 12.0 Å². The quantitative estimate of drug-likeness (QED) is 0.405. The second-order valence-electron chi connectivity index (χ2n) is 9.59. The summed E-state index contributed by atoms with van der Waals surface area (Å²) in [6, 6.07) is 7.66. The summed E-state index contributed by atoms with van der Waals surface area (Å²) < 4.78 is 43.4. The molecule has 1 aliphatic heterocycles. The highest BCUT2D eigenvalue weighted by Crippen LogP contribution is 2.37. The Balaban J connectivity index is 1.44. The van der Waals surface area contributed by atoms with E-state index in [1.54, 1.807) is 47.5 Å². The van der Waals surface area contributed by atoms with Crippen molar-refractivity contribution < 1.29 is 18.0 Å². The largest absolute Gasteiger partial charge is 0.416 e. The number of hydrogen-bond donors (Lipinski definition) is 1. The molecule has 1 fully saturated rings. The first kappa shape index (κ1) is 26.3. The predicted octanol–water partition coefficient (Wildman–Crippen LogP) is 4.36. The van der Waals surface area contributed by atoms with Crippen LogP contribution in [-0.2, 0) is 6.18 Å². The molecule has 0 unspecified atom stereocenters. The normalized spacial score (nSPS) is 14.5. The van der Waals surface area contributed by atoms with Gasteiger partial charge < -0.3 is 15.1 Å². The molecule has 4 aromatic rings. The van der Waals surface area contributed by atoms with Gasteiger partial charge in [0.15, 0.2) is 0 Å². The minimum Gasteiger partial charge on any atom is -0.369 e. The molecule has 5 rings (SSSR count). The number of anilines is 2. The van der Waals surface area contributed by atoms with Gasteiger partial charge in [-0.05, 0) is 56.3 Å². The highest BCUT2D eigenvalue weighted by atomic mass is 19.4. The molecule has 3 heterocycles. The third kappa shape index (κ3) is 5.60. The molecule has 2 aromatic heterocycles. The Bertz CT molecular complexity index is 1490. The summed E-state index contributed by atoms with van der Waals surface area (Å²) in [7, 11) is 1.97. The molecule has 0 atom stereocenters. The highest BCUT2D eigenvalue weighted by Gasteiger charge is 2.35. The van der Waals surface area contributed by atoms with Gasteiger partial charge in [-0.3, -0.25) is 4.79 Å². The summed E-state index contributed by atoms with van der Waals surface area (Å²) >= 11 is 0. The Morgan fingerprint density at radius 1 is 0.974 bits per heavy atom. The van der Waals surface area contributed by atoms with Crippen molar-refractivity contribution in [3.05, 3.63) is 77.5 Å². The van der Waals surface area contributed by atoms with Crippen LogP contribution in [0, 0.1) is 13.8 Å². The third-order valence-corrected chi connectivity index (χ3v) is 6.86. The smallest absolute Gasteiger partial charge is 0.369 e. The molecule has 1 N–H and O–H groups in total.